The number of benzene rings is 1. The Bertz CT molecular complexity index is 665. The van der Waals surface area contributed by atoms with E-state index in [1.54, 1.807) is 12.1 Å². The molecular formula is C17H22N4O2. The van der Waals surface area contributed by atoms with Crippen molar-refractivity contribution in [2.24, 2.45) is 5.73 Å². The van der Waals surface area contributed by atoms with Gasteiger partial charge in [0, 0.05) is 43.7 Å². The number of aryl methyl sites for hydroxylation is 1. The first kappa shape index (κ1) is 15.7. The van der Waals surface area contributed by atoms with Gasteiger partial charge in [-0.25, -0.2) is 4.98 Å². The van der Waals surface area contributed by atoms with Crippen LogP contribution in [0.3, 0.4) is 0 Å². The number of rotatable bonds is 6. The highest BCUT2D eigenvalue weighted by molar-refractivity contribution is 5.92. The van der Waals surface area contributed by atoms with Crippen molar-refractivity contribution >= 4 is 5.91 Å². The minimum Gasteiger partial charge on any atom is -0.369 e. The molecule has 3 N–H and O–H groups in total. The number of amides is 1. The number of ether oxygens (including phenoxy) is 1. The van der Waals surface area contributed by atoms with Gasteiger partial charge in [-0.2, -0.15) is 0 Å². The van der Waals surface area contributed by atoms with Crippen LogP contribution in [0.5, 0.6) is 0 Å². The number of carbonyl (C=O) groups is 1. The summed E-state index contributed by atoms with van der Waals surface area (Å²) in [7, 11) is 0. The predicted octanol–water partition coefficient (Wildman–Crippen LogP) is 1.62. The second-order valence-corrected chi connectivity index (χ2v) is 5.70. The van der Waals surface area contributed by atoms with Crippen molar-refractivity contribution in [3.05, 3.63) is 53.6 Å². The third-order valence-electron chi connectivity index (χ3n) is 4.24. The van der Waals surface area contributed by atoms with Gasteiger partial charge < -0.3 is 20.4 Å². The Kier molecular flexibility index (Phi) is 4.73. The number of nitrogens with zero attached hydrogens (tertiary/aromatic N) is 2. The number of primary amides is 1. The average Bonchev–Trinajstić information content (AvgIpc) is 3.21. The van der Waals surface area contributed by atoms with Crippen LogP contribution in [-0.2, 0) is 17.8 Å². The molecule has 2 heterocycles. The Morgan fingerprint density at radius 1 is 1.43 bits per heavy atom. The summed E-state index contributed by atoms with van der Waals surface area (Å²) in [6.07, 6.45) is 4.74. The van der Waals surface area contributed by atoms with Crippen LogP contribution in [0.1, 0.15) is 41.2 Å². The van der Waals surface area contributed by atoms with E-state index in [4.69, 9.17) is 10.5 Å². The Morgan fingerprint density at radius 3 is 2.91 bits per heavy atom. The lowest BCUT2D eigenvalue weighted by Crippen LogP contribution is -2.32. The lowest BCUT2D eigenvalue weighted by molar-refractivity contribution is 0.0886. The van der Waals surface area contributed by atoms with Crippen molar-refractivity contribution in [1.29, 1.82) is 0 Å². The van der Waals surface area contributed by atoms with Gasteiger partial charge >= 0.3 is 0 Å². The molecule has 0 spiro atoms. The molecule has 1 aliphatic rings. The third-order valence-corrected chi connectivity index (χ3v) is 4.24. The largest absolute Gasteiger partial charge is 0.369 e. The van der Waals surface area contributed by atoms with E-state index in [0.29, 0.717) is 5.56 Å². The van der Waals surface area contributed by atoms with Crippen LogP contribution in [0.15, 0.2) is 36.7 Å². The first-order valence-electron chi connectivity index (χ1n) is 7.93. The van der Waals surface area contributed by atoms with Gasteiger partial charge in [-0.1, -0.05) is 12.1 Å². The van der Waals surface area contributed by atoms with E-state index in [2.05, 4.69) is 21.8 Å². The van der Waals surface area contributed by atoms with E-state index in [9.17, 15) is 4.79 Å². The van der Waals surface area contributed by atoms with Crippen LogP contribution in [0.25, 0.3) is 0 Å². The molecule has 122 valence electrons. The maximum Gasteiger partial charge on any atom is 0.248 e. The molecule has 1 saturated heterocycles. The standard InChI is InChI=1S/C17H22N4O2/c1-2-21-9-8-19-17(21)15-14(7-10-23-15)20-11-12-3-5-13(6-4-12)16(18)22/h3-6,8-9,14-15,20H,2,7,10-11H2,1H3,(H2,18,22)/t14-,15-/m0/s1. The second-order valence-electron chi connectivity index (χ2n) is 5.70. The number of imidazole rings is 1. The van der Waals surface area contributed by atoms with Crippen molar-refractivity contribution in [3.63, 3.8) is 0 Å². The average molecular weight is 314 g/mol. The summed E-state index contributed by atoms with van der Waals surface area (Å²) in [4.78, 5) is 15.5. The monoisotopic (exact) mass is 314 g/mol. The summed E-state index contributed by atoms with van der Waals surface area (Å²) in [6.45, 7) is 4.44. The van der Waals surface area contributed by atoms with Crippen LogP contribution in [0.4, 0.5) is 0 Å². The number of hydrogen-bond donors (Lipinski definition) is 2. The SMILES string of the molecule is CCn1ccnc1[C@H]1OCC[C@@H]1NCc1ccc(C(N)=O)cc1. The molecule has 1 fully saturated rings. The van der Waals surface area contributed by atoms with Gasteiger partial charge in [0.1, 0.15) is 11.9 Å². The van der Waals surface area contributed by atoms with E-state index < -0.39 is 5.91 Å². The number of carbonyl (C=O) groups excluding carboxylic acids is 1. The van der Waals surface area contributed by atoms with Crippen molar-refractivity contribution in [1.82, 2.24) is 14.9 Å². The zero-order valence-electron chi connectivity index (χ0n) is 13.2. The zero-order valence-corrected chi connectivity index (χ0v) is 13.2. The van der Waals surface area contributed by atoms with Gasteiger partial charge in [-0.15, -0.1) is 0 Å². The molecule has 2 atom stereocenters. The summed E-state index contributed by atoms with van der Waals surface area (Å²) in [5.74, 6) is 0.576. The number of hydrogen-bond acceptors (Lipinski definition) is 4. The summed E-state index contributed by atoms with van der Waals surface area (Å²) in [5, 5.41) is 3.54. The van der Waals surface area contributed by atoms with Crippen molar-refractivity contribution < 1.29 is 9.53 Å². The Labute approximate surface area is 135 Å². The van der Waals surface area contributed by atoms with E-state index in [1.165, 1.54) is 0 Å². The summed E-state index contributed by atoms with van der Waals surface area (Å²) in [5.41, 5.74) is 6.90. The van der Waals surface area contributed by atoms with Crippen molar-refractivity contribution in [2.75, 3.05) is 6.61 Å². The minimum atomic E-state index is -0.403. The van der Waals surface area contributed by atoms with Crippen molar-refractivity contribution in [3.8, 4) is 0 Å². The van der Waals surface area contributed by atoms with Gasteiger partial charge in [0.25, 0.3) is 0 Å². The van der Waals surface area contributed by atoms with Crippen LogP contribution in [0.2, 0.25) is 0 Å². The Hall–Kier alpha value is -2.18. The van der Waals surface area contributed by atoms with E-state index >= 15 is 0 Å². The van der Waals surface area contributed by atoms with E-state index in [0.717, 1.165) is 37.5 Å². The fourth-order valence-corrected chi connectivity index (χ4v) is 2.93. The molecule has 6 heteroatoms. The van der Waals surface area contributed by atoms with Gasteiger partial charge in [0.2, 0.25) is 5.91 Å². The normalized spacial score (nSPS) is 20.7. The highest BCUT2D eigenvalue weighted by Gasteiger charge is 2.32. The maximum absolute atomic E-state index is 11.1. The summed E-state index contributed by atoms with van der Waals surface area (Å²) >= 11 is 0. The smallest absolute Gasteiger partial charge is 0.248 e. The van der Waals surface area contributed by atoms with Gasteiger partial charge in [-0.05, 0) is 31.0 Å². The molecule has 6 nitrogen and oxygen atoms in total. The van der Waals surface area contributed by atoms with Crippen LogP contribution in [-0.4, -0.2) is 28.1 Å². The molecule has 0 unspecified atom stereocenters. The number of nitrogens with one attached hydrogen (secondary N) is 1. The number of aromatic nitrogens is 2. The van der Waals surface area contributed by atoms with Gasteiger partial charge in [-0.3, -0.25) is 4.79 Å². The molecule has 1 aliphatic heterocycles. The highest BCUT2D eigenvalue weighted by Crippen LogP contribution is 2.28. The molecule has 0 aliphatic carbocycles. The topological polar surface area (TPSA) is 82.2 Å². The predicted molar refractivity (Wildman–Crippen MR) is 86.8 cm³/mol. The summed E-state index contributed by atoms with van der Waals surface area (Å²) < 4.78 is 8.00. The van der Waals surface area contributed by atoms with Crippen molar-refractivity contribution in [2.45, 2.75) is 38.6 Å². The molecule has 23 heavy (non-hydrogen) atoms. The molecule has 2 aromatic rings. The van der Waals surface area contributed by atoms with Gasteiger partial charge in [0.15, 0.2) is 0 Å². The molecule has 1 aromatic heterocycles. The fraction of sp³-hybridized carbons (Fsp3) is 0.412. The Balaban J connectivity index is 1.64. The lowest BCUT2D eigenvalue weighted by Gasteiger charge is -2.20. The summed E-state index contributed by atoms with van der Waals surface area (Å²) in [6, 6.07) is 7.59. The fourth-order valence-electron chi connectivity index (χ4n) is 2.93. The second kappa shape index (κ2) is 6.93. The van der Waals surface area contributed by atoms with E-state index in [-0.39, 0.29) is 12.1 Å². The van der Waals surface area contributed by atoms with Gasteiger partial charge in [0.05, 0.1) is 0 Å². The van der Waals surface area contributed by atoms with Crippen LogP contribution < -0.4 is 11.1 Å². The molecule has 1 aromatic carbocycles. The molecular weight excluding hydrogens is 292 g/mol. The Morgan fingerprint density at radius 2 is 2.22 bits per heavy atom. The quantitative estimate of drug-likeness (QED) is 0.849. The molecule has 3 rings (SSSR count). The highest BCUT2D eigenvalue weighted by atomic mass is 16.5. The maximum atomic E-state index is 11.1. The molecule has 0 saturated carbocycles. The lowest BCUT2D eigenvalue weighted by atomic mass is 10.1. The first-order chi connectivity index (χ1) is 11.2. The molecule has 0 bridgehead atoms. The molecule has 0 radical (unpaired) electrons. The minimum absolute atomic E-state index is 0.0187. The zero-order chi connectivity index (χ0) is 16.2. The first-order valence-corrected chi connectivity index (χ1v) is 7.93. The van der Waals surface area contributed by atoms with E-state index in [1.807, 2.05) is 24.5 Å². The molecule has 1 amide bonds. The third kappa shape index (κ3) is 3.43. The number of nitrogens with two attached hydrogens (primary N) is 1. The van der Waals surface area contributed by atoms with Crippen LogP contribution >= 0.6 is 0 Å². The van der Waals surface area contributed by atoms with Crippen LogP contribution in [0, 0.1) is 0 Å².